The molecule has 0 nitrogen and oxygen atoms in total. The van der Waals surface area contributed by atoms with Crippen molar-refractivity contribution in [3.63, 3.8) is 0 Å². The highest BCUT2D eigenvalue weighted by Crippen LogP contribution is 2.36. The van der Waals surface area contributed by atoms with Gasteiger partial charge in [-0.2, -0.15) is 0 Å². The van der Waals surface area contributed by atoms with E-state index in [1.165, 1.54) is 24.0 Å². The molecule has 0 amide bonds. The molecule has 0 aromatic heterocycles. The Bertz CT molecular complexity index is 327. The first-order chi connectivity index (χ1) is 7.27. The summed E-state index contributed by atoms with van der Waals surface area (Å²) in [5, 5.41) is 0. The number of rotatable bonds is 3. The smallest absolute Gasteiger partial charge is 0.0442 e. The molecule has 1 heteroatoms. The molecular formula is C15H23I. The zero-order valence-corrected chi connectivity index (χ0v) is 13.3. The van der Waals surface area contributed by atoms with Crippen LogP contribution in [0.4, 0.5) is 0 Å². The van der Waals surface area contributed by atoms with E-state index < -0.39 is 0 Å². The minimum Gasteiger partial charge on any atom is -0.0740 e. The van der Waals surface area contributed by atoms with Crippen LogP contribution in [0, 0.1) is 0 Å². The molecule has 0 aliphatic rings. The zero-order chi connectivity index (χ0) is 12.4. The quantitative estimate of drug-likeness (QED) is 0.512. The summed E-state index contributed by atoms with van der Waals surface area (Å²) >= 11 is 2.57. The third-order valence-electron chi connectivity index (χ3n) is 3.07. The van der Waals surface area contributed by atoms with Gasteiger partial charge in [0.05, 0.1) is 0 Å². The fourth-order valence-corrected chi connectivity index (χ4v) is 2.83. The van der Waals surface area contributed by atoms with E-state index in [2.05, 4.69) is 81.5 Å². The summed E-state index contributed by atoms with van der Waals surface area (Å²) in [6, 6.07) is 9.15. The number of benzene rings is 1. The average molecular weight is 330 g/mol. The minimum absolute atomic E-state index is 0.255. The Morgan fingerprint density at radius 3 is 1.75 bits per heavy atom. The summed E-state index contributed by atoms with van der Waals surface area (Å²) in [4.78, 5) is 0. The molecule has 0 fully saturated rings. The molecule has 0 spiro atoms. The van der Waals surface area contributed by atoms with Gasteiger partial charge in [0.1, 0.15) is 0 Å². The predicted molar refractivity (Wildman–Crippen MR) is 81.4 cm³/mol. The van der Waals surface area contributed by atoms with Gasteiger partial charge in [-0.15, -0.1) is 0 Å². The van der Waals surface area contributed by atoms with Gasteiger partial charge in [-0.3, -0.25) is 0 Å². The second-order valence-corrected chi connectivity index (χ2v) is 8.16. The van der Waals surface area contributed by atoms with Crippen LogP contribution in [0.1, 0.15) is 58.6 Å². The monoisotopic (exact) mass is 330 g/mol. The molecule has 0 heterocycles. The summed E-state index contributed by atoms with van der Waals surface area (Å²) in [6.45, 7) is 11.4. The van der Waals surface area contributed by atoms with Crippen molar-refractivity contribution in [2.45, 2.75) is 56.3 Å². The first-order valence-electron chi connectivity index (χ1n) is 6.07. The molecule has 1 unspecified atom stereocenters. The summed E-state index contributed by atoms with van der Waals surface area (Å²) in [6.07, 6.45) is 2.48. The SMILES string of the molecule is CCCC(C)(I)c1ccc(C(C)(C)C)cc1. The Kier molecular flexibility index (Phi) is 4.44. The highest BCUT2D eigenvalue weighted by molar-refractivity contribution is 14.1. The van der Waals surface area contributed by atoms with Gasteiger partial charge >= 0.3 is 0 Å². The van der Waals surface area contributed by atoms with Crippen molar-refractivity contribution in [3.8, 4) is 0 Å². The first kappa shape index (κ1) is 14.0. The number of alkyl halides is 1. The molecule has 0 bridgehead atoms. The lowest BCUT2D eigenvalue weighted by molar-refractivity contribution is 0.587. The van der Waals surface area contributed by atoms with Crippen molar-refractivity contribution in [2.75, 3.05) is 0 Å². The molecule has 1 rings (SSSR count). The van der Waals surface area contributed by atoms with Gasteiger partial charge in [-0.25, -0.2) is 0 Å². The number of hydrogen-bond donors (Lipinski definition) is 0. The Morgan fingerprint density at radius 2 is 1.38 bits per heavy atom. The molecule has 0 radical (unpaired) electrons. The van der Waals surface area contributed by atoms with Crippen LogP contribution in [-0.2, 0) is 8.84 Å². The maximum Gasteiger partial charge on any atom is 0.0442 e. The van der Waals surface area contributed by atoms with E-state index in [1.54, 1.807) is 0 Å². The molecule has 0 aliphatic carbocycles. The van der Waals surface area contributed by atoms with E-state index in [0.717, 1.165) is 0 Å². The molecule has 0 saturated carbocycles. The van der Waals surface area contributed by atoms with Gasteiger partial charge in [-0.05, 0) is 29.9 Å². The molecule has 1 aromatic rings. The highest BCUT2D eigenvalue weighted by Gasteiger charge is 2.22. The molecule has 0 saturated heterocycles. The lowest BCUT2D eigenvalue weighted by Crippen LogP contribution is -2.14. The Hall–Kier alpha value is -0.0500. The summed E-state index contributed by atoms with van der Waals surface area (Å²) in [7, 11) is 0. The van der Waals surface area contributed by atoms with Gasteiger partial charge in [0.15, 0.2) is 0 Å². The Balaban J connectivity index is 2.95. The normalized spacial score (nSPS) is 15.9. The first-order valence-corrected chi connectivity index (χ1v) is 7.15. The van der Waals surface area contributed by atoms with Crippen LogP contribution < -0.4 is 0 Å². The van der Waals surface area contributed by atoms with Crippen molar-refractivity contribution in [3.05, 3.63) is 35.4 Å². The lowest BCUT2D eigenvalue weighted by atomic mass is 9.85. The fourth-order valence-electron chi connectivity index (χ4n) is 1.93. The van der Waals surface area contributed by atoms with Crippen LogP contribution in [-0.4, -0.2) is 0 Å². The average Bonchev–Trinajstić information content (AvgIpc) is 2.16. The van der Waals surface area contributed by atoms with Crippen molar-refractivity contribution in [1.29, 1.82) is 0 Å². The predicted octanol–water partition coefficient (Wildman–Crippen LogP) is 5.43. The molecule has 16 heavy (non-hydrogen) atoms. The van der Waals surface area contributed by atoms with Crippen molar-refractivity contribution in [1.82, 2.24) is 0 Å². The van der Waals surface area contributed by atoms with Crippen LogP contribution in [0.3, 0.4) is 0 Å². The van der Waals surface area contributed by atoms with Crippen molar-refractivity contribution >= 4 is 22.6 Å². The topological polar surface area (TPSA) is 0 Å². The van der Waals surface area contributed by atoms with E-state index in [4.69, 9.17) is 0 Å². The molecule has 0 aliphatic heterocycles. The van der Waals surface area contributed by atoms with E-state index in [-0.39, 0.29) is 8.84 Å². The second kappa shape index (κ2) is 5.07. The van der Waals surface area contributed by atoms with E-state index in [0.29, 0.717) is 0 Å². The maximum absolute atomic E-state index is 2.57. The van der Waals surface area contributed by atoms with Crippen LogP contribution in [0.5, 0.6) is 0 Å². The van der Waals surface area contributed by atoms with Gasteiger partial charge in [0.25, 0.3) is 0 Å². The van der Waals surface area contributed by atoms with Gasteiger partial charge in [0, 0.05) is 3.42 Å². The fraction of sp³-hybridized carbons (Fsp3) is 0.600. The molecule has 1 atom stereocenters. The largest absolute Gasteiger partial charge is 0.0740 e. The van der Waals surface area contributed by atoms with E-state index in [9.17, 15) is 0 Å². The van der Waals surface area contributed by atoms with E-state index >= 15 is 0 Å². The van der Waals surface area contributed by atoms with Crippen molar-refractivity contribution in [2.24, 2.45) is 0 Å². The van der Waals surface area contributed by atoms with Crippen LogP contribution in [0.25, 0.3) is 0 Å². The Labute approximate surface area is 114 Å². The summed E-state index contributed by atoms with van der Waals surface area (Å²) < 4.78 is 0.281. The lowest BCUT2D eigenvalue weighted by Gasteiger charge is -2.25. The number of halogens is 1. The zero-order valence-electron chi connectivity index (χ0n) is 11.1. The maximum atomic E-state index is 2.57. The van der Waals surface area contributed by atoms with Crippen LogP contribution in [0.2, 0.25) is 0 Å². The highest BCUT2D eigenvalue weighted by atomic mass is 127. The van der Waals surface area contributed by atoms with E-state index in [1.807, 2.05) is 0 Å². The third-order valence-corrected chi connectivity index (χ3v) is 4.23. The standard InChI is InChI=1S/C15H23I/c1-6-11-15(5,16)13-9-7-12(8-10-13)14(2,3)4/h7-10H,6,11H2,1-5H3. The van der Waals surface area contributed by atoms with Gasteiger partial charge < -0.3 is 0 Å². The van der Waals surface area contributed by atoms with Crippen LogP contribution >= 0.6 is 22.6 Å². The summed E-state index contributed by atoms with van der Waals surface area (Å²) in [5.74, 6) is 0. The van der Waals surface area contributed by atoms with Crippen molar-refractivity contribution < 1.29 is 0 Å². The minimum atomic E-state index is 0.255. The third kappa shape index (κ3) is 3.47. The number of hydrogen-bond acceptors (Lipinski definition) is 0. The molecular weight excluding hydrogens is 307 g/mol. The Morgan fingerprint density at radius 1 is 0.938 bits per heavy atom. The molecule has 1 aromatic carbocycles. The van der Waals surface area contributed by atoms with Gasteiger partial charge in [0.2, 0.25) is 0 Å². The van der Waals surface area contributed by atoms with Crippen LogP contribution in [0.15, 0.2) is 24.3 Å². The summed E-state index contributed by atoms with van der Waals surface area (Å²) in [5.41, 5.74) is 3.12. The molecule has 90 valence electrons. The second-order valence-electron chi connectivity index (χ2n) is 5.77. The molecule has 0 N–H and O–H groups in total. The van der Waals surface area contributed by atoms with Gasteiger partial charge in [-0.1, -0.05) is 81.0 Å².